The van der Waals surface area contributed by atoms with Crippen LogP contribution in [0.15, 0.2) is 0 Å². The number of nitrogens with zero attached hydrogens (tertiary/aromatic N) is 1. The minimum atomic E-state index is -0.00375. The van der Waals surface area contributed by atoms with Gasteiger partial charge in [-0.1, -0.05) is 0 Å². The second-order valence-electron chi connectivity index (χ2n) is 3.10. The fourth-order valence-electron chi connectivity index (χ4n) is 1.32. The van der Waals surface area contributed by atoms with Crippen LogP contribution in [0, 0.1) is 0 Å². The molecule has 1 fully saturated rings. The van der Waals surface area contributed by atoms with Gasteiger partial charge in [0.05, 0.1) is 13.2 Å². The number of hydrogen-bond acceptors (Lipinski definition) is 4. The monoisotopic (exact) mass is 187 g/mol. The molecule has 0 aliphatic carbocycles. The lowest BCUT2D eigenvalue weighted by molar-refractivity contribution is -0.122. The zero-order valence-corrected chi connectivity index (χ0v) is 7.75. The summed E-state index contributed by atoms with van der Waals surface area (Å²) in [6.07, 6.45) is 0. The molecule has 5 nitrogen and oxygen atoms in total. The molecule has 13 heavy (non-hydrogen) atoms. The van der Waals surface area contributed by atoms with Crippen molar-refractivity contribution < 1.29 is 9.90 Å². The molecule has 0 unspecified atom stereocenters. The molecule has 1 aliphatic heterocycles. The Bertz CT molecular complexity index is 157. The molecule has 1 amide bonds. The number of aliphatic hydroxyl groups excluding tert-OH is 1. The third-order valence-corrected chi connectivity index (χ3v) is 2.01. The van der Waals surface area contributed by atoms with Gasteiger partial charge in [0.15, 0.2) is 0 Å². The fraction of sp³-hybridized carbons (Fsp3) is 0.875. The second kappa shape index (κ2) is 5.90. The topological polar surface area (TPSA) is 64.6 Å². The van der Waals surface area contributed by atoms with E-state index in [4.69, 9.17) is 5.11 Å². The number of piperazine rings is 1. The largest absolute Gasteiger partial charge is 0.395 e. The van der Waals surface area contributed by atoms with Crippen molar-refractivity contribution >= 4 is 5.91 Å². The summed E-state index contributed by atoms with van der Waals surface area (Å²) in [5.74, 6) is -0.00375. The zero-order chi connectivity index (χ0) is 9.52. The highest BCUT2D eigenvalue weighted by Crippen LogP contribution is 1.90. The molecule has 0 aromatic rings. The maximum absolute atomic E-state index is 11.2. The number of nitrogens with one attached hydrogen (secondary N) is 2. The molecular formula is C8H17N3O2. The summed E-state index contributed by atoms with van der Waals surface area (Å²) < 4.78 is 0. The van der Waals surface area contributed by atoms with Crippen LogP contribution in [-0.4, -0.2) is 61.8 Å². The van der Waals surface area contributed by atoms with Crippen molar-refractivity contribution in [1.82, 2.24) is 15.5 Å². The minimum Gasteiger partial charge on any atom is -0.395 e. The first-order chi connectivity index (χ1) is 6.33. The minimum absolute atomic E-state index is 0.00375. The number of amides is 1. The van der Waals surface area contributed by atoms with Gasteiger partial charge >= 0.3 is 0 Å². The first-order valence-corrected chi connectivity index (χ1v) is 4.63. The van der Waals surface area contributed by atoms with Gasteiger partial charge in [-0.2, -0.15) is 0 Å². The quantitative estimate of drug-likeness (QED) is 0.476. The van der Waals surface area contributed by atoms with Crippen LogP contribution < -0.4 is 10.6 Å². The average Bonchev–Trinajstić information content (AvgIpc) is 2.16. The van der Waals surface area contributed by atoms with Crippen LogP contribution in [0.2, 0.25) is 0 Å². The smallest absolute Gasteiger partial charge is 0.234 e. The van der Waals surface area contributed by atoms with Crippen LogP contribution in [0.4, 0.5) is 0 Å². The predicted octanol–water partition coefficient (Wildman–Crippen LogP) is -2.00. The lowest BCUT2D eigenvalue weighted by Gasteiger charge is -2.26. The van der Waals surface area contributed by atoms with E-state index in [0.717, 1.165) is 26.2 Å². The van der Waals surface area contributed by atoms with Crippen molar-refractivity contribution in [3.8, 4) is 0 Å². The highest BCUT2D eigenvalue weighted by molar-refractivity contribution is 5.77. The number of hydrogen-bond donors (Lipinski definition) is 3. The van der Waals surface area contributed by atoms with E-state index in [1.165, 1.54) is 0 Å². The van der Waals surface area contributed by atoms with Crippen molar-refractivity contribution in [1.29, 1.82) is 0 Å². The van der Waals surface area contributed by atoms with Crippen LogP contribution >= 0.6 is 0 Å². The molecule has 0 atom stereocenters. The molecule has 76 valence electrons. The number of carbonyl (C=O) groups excluding carboxylic acids is 1. The Kier molecular flexibility index (Phi) is 4.74. The molecule has 0 spiro atoms. The van der Waals surface area contributed by atoms with E-state index in [0.29, 0.717) is 13.1 Å². The molecule has 1 aliphatic rings. The summed E-state index contributed by atoms with van der Waals surface area (Å²) in [6, 6.07) is 0. The molecular weight excluding hydrogens is 170 g/mol. The van der Waals surface area contributed by atoms with Gasteiger partial charge in [0.25, 0.3) is 0 Å². The summed E-state index contributed by atoms with van der Waals surface area (Å²) in [7, 11) is 0. The van der Waals surface area contributed by atoms with Crippen molar-refractivity contribution in [3.05, 3.63) is 0 Å². The Morgan fingerprint density at radius 2 is 2.15 bits per heavy atom. The molecule has 1 rings (SSSR count). The van der Waals surface area contributed by atoms with Crippen molar-refractivity contribution in [3.63, 3.8) is 0 Å². The maximum Gasteiger partial charge on any atom is 0.234 e. The van der Waals surface area contributed by atoms with Gasteiger partial charge in [-0.15, -0.1) is 0 Å². The Balaban J connectivity index is 2.11. The van der Waals surface area contributed by atoms with E-state index in [2.05, 4.69) is 15.5 Å². The molecule has 0 aromatic carbocycles. The van der Waals surface area contributed by atoms with Crippen LogP contribution in [0.3, 0.4) is 0 Å². The maximum atomic E-state index is 11.2. The molecule has 0 aromatic heterocycles. The molecule has 1 heterocycles. The highest BCUT2D eigenvalue weighted by Gasteiger charge is 2.12. The van der Waals surface area contributed by atoms with Crippen LogP contribution in [-0.2, 0) is 4.79 Å². The van der Waals surface area contributed by atoms with Gasteiger partial charge < -0.3 is 15.7 Å². The molecule has 0 saturated carbocycles. The summed E-state index contributed by atoms with van der Waals surface area (Å²) in [4.78, 5) is 13.3. The Labute approximate surface area is 78.1 Å². The lowest BCUT2D eigenvalue weighted by Crippen LogP contribution is -2.47. The van der Waals surface area contributed by atoms with Crippen LogP contribution in [0.1, 0.15) is 0 Å². The van der Waals surface area contributed by atoms with Crippen molar-refractivity contribution in [2.75, 3.05) is 45.9 Å². The first kappa shape index (κ1) is 10.4. The third kappa shape index (κ3) is 4.21. The summed E-state index contributed by atoms with van der Waals surface area (Å²) in [6.45, 7) is 4.56. The van der Waals surface area contributed by atoms with E-state index in [1.54, 1.807) is 0 Å². The van der Waals surface area contributed by atoms with Crippen molar-refractivity contribution in [2.24, 2.45) is 0 Å². The fourth-order valence-corrected chi connectivity index (χ4v) is 1.32. The van der Waals surface area contributed by atoms with Crippen LogP contribution in [0.5, 0.6) is 0 Å². The number of rotatable bonds is 4. The third-order valence-electron chi connectivity index (χ3n) is 2.01. The standard InChI is InChI=1S/C8H17N3O2/c12-6-3-10-8(13)7-11-4-1-9-2-5-11/h9,12H,1-7H2,(H,10,13). The summed E-state index contributed by atoms with van der Waals surface area (Å²) in [5, 5.41) is 14.3. The molecule has 5 heteroatoms. The van der Waals surface area contributed by atoms with Gasteiger partial charge in [-0.3, -0.25) is 9.69 Å². The average molecular weight is 187 g/mol. The first-order valence-electron chi connectivity index (χ1n) is 4.63. The normalized spacial score (nSPS) is 18.5. The van der Waals surface area contributed by atoms with Gasteiger partial charge in [0, 0.05) is 32.7 Å². The summed E-state index contributed by atoms with van der Waals surface area (Å²) >= 11 is 0. The lowest BCUT2D eigenvalue weighted by atomic mass is 10.3. The van der Waals surface area contributed by atoms with Gasteiger partial charge in [-0.05, 0) is 0 Å². The highest BCUT2D eigenvalue weighted by atomic mass is 16.3. The van der Waals surface area contributed by atoms with Crippen molar-refractivity contribution in [2.45, 2.75) is 0 Å². The Morgan fingerprint density at radius 1 is 1.46 bits per heavy atom. The van der Waals surface area contributed by atoms with E-state index in [-0.39, 0.29) is 12.5 Å². The molecule has 0 radical (unpaired) electrons. The predicted molar refractivity (Wildman–Crippen MR) is 49.4 cm³/mol. The molecule has 3 N–H and O–H groups in total. The Hall–Kier alpha value is -0.650. The SMILES string of the molecule is O=C(CN1CCNCC1)NCCO. The van der Waals surface area contributed by atoms with Gasteiger partial charge in [0.1, 0.15) is 0 Å². The van der Waals surface area contributed by atoms with Crippen LogP contribution in [0.25, 0.3) is 0 Å². The zero-order valence-electron chi connectivity index (χ0n) is 7.75. The Morgan fingerprint density at radius 3 is 2.77 bits per heavy atom. The van der Waals surface area contributed by atoms with E-state index < -0.39 is 0 Å². The van der Waals surface area contributed by atoms with E-state index >= 15 is 0 Å². The number of carbonyl (C=O) groups is 1. The molecule has 1 saturated heterocycles. The van der Waals surface area contributed by atoms with Gasteiger partial charge in [0.2, 0.25) is 5.91 Å². The van der Waals surface area contributed by atoms with Gasteiger partial charge in [-0.25, -0.2) is 0 Å². The van der Waals surface area contributed by atoms with E-state index in [9.17, 15) is 4.79 Å². The second-order valence-corrected chi connectivity index (χ2v) is 3.10. The van der Waals surface area contributed by atoms with E-state index in [1.807, 2.05) is 0 Å². The molecule has 0 bridgehead atoms. The number of aliphatic hydroxyl groups is 1. The summed E-state index contributed by atoms with van der Waals surface area (Å²) in [5.41, 5.74) is 0.